The standard InChI is InChI=1S/C11H8N2O/c1-9-13-8-11(14-9)5-4-10-3-2-6-12-7-10/h2-3,6-8H,1H3. The molecule has 3 heteroatoms. The number of aryl methyl sites for hydroxylation is 1. The highest BCUT2D eigenvalue weighted by atomic mass is 16.3. The van der Waals surface area contributed by atoms with E-state index in [0.29, 0.717) is 11.7 Å². The molecule has 0 aromatic carbocycles. The maximum atomic E-state index is 5.20. The Morgan fingerprint density at radius 3 is 2.86 bits per heavy atom. The average molecular weight is 184 g/mol. The summed E-state index contributed by atoms with van der Waals surface area (Å²) in [6.45, 7) is 1.79. The van der Waals surface area contributed by atoms with Crippen LogP contribution in [0.3, 0.4) is 0 Å². The van der Waals surface area contributed by atoms with Gasteiger partial charge in [-0.3, -0.25) is 4.98 Å². The minimum atomic E-state index is 0.575. The van der Waals surface area contributed by atoms with E-state index in [4.69, 9.17) is 4.42 Å². The van der Waals surface area contributed by atoms with Gasteiger partial charge in [-0.05, 0) is 18.1 Å². The summed E-state index contributed by atoms with van der Waals surface area (Å²) in [5.41, 5.74) is 0.863. The summed E-state index contributed by atoms with van der Waals surface area (Å²) in [7, 11) is 0. The van der Waals surface area contributed by atoms with E-state index in [2.05, 4.69) is 21.8 Å². The largest absolute Gasteiger partial charge is 0.433 e. The second kappa shape index (κ2) is 3.75. The summed E-state index contributed by atoms with van der Waals surface area (Å²) >= 11 is 0. The van der Waals surface area contributed by atoms with E-state index in [9.17, 15) is 0 Å². The fourth-order valence-electron chi connectivity index (χ4n) is 0.990. The first-order chi connectivity index (χ1) is 6.84. The number of rotatable bonds is 0. The molecule has 0 bridgehead atoms. The highest BCUT2D eigenvalue weighted by molar-refractivity contribution is 5.36. The van der Waals surface area contributed by atoms with E-state index in [0.717, 1.165) is 5.56 Å². The van der Waals surface area contributed by atoms with Gasteiger partial charge in [0.25, 0.3) is 0 Å². The van der Waals surface area contributed by atoms with Crippen LogP contribution in [0.1, 0.15) is 17.2 Å². The molecular weight excluding hydrogens is 176 g/mol. The lowest BCUT2D eigenvalue weighted by molar-refractivity contribution is 0.511. The van der Waals surface area contributed by atoms with Gasteiger partial charge < -0.3 is 4.42 Å². The number of oxazole rings is 1. The molecule has 2 aromatic heterocycles. The molecule has 2 aromatic rings. The van der Waals surface area contributed by atoms with Gasteiger partial charge in [-0.1, -0.05) is 5.92 Å². The van der Waals surface area contributed by atoms with Crippen LogP contribution in [0.15, 0.2) is 35.1 Å². The first-order valence-electron chi connectivity index (χ1n) is 4.19. The third-order valence-corrected chi connectivity index (χ3v) is 1.61. The van der Waals surface area contributed by atoms with Gasteiger partial charge in [-0.25, -0.2) is 4.98 Å². The van der Waals surface area contributed by atoms with Gasteiger partial charge >= 0.3 is 0 Å². The van der Waals surface area contributed by atoms with Crippen LogP contribution in [-0.4, -0.2) is 9.97 Å². The topological polar surface area (TPSA) is 38.9 Å². The zero-order valence-electron chi connectivity index (χ0n) is 7.69. The van der Waals surface area contributed by atoms with Crippen molar-refractivity contribution in [3.63, 3.8) is 0 Å². The van der Waals surface area contributed by atoms with Crippen LogP contribution in [0.2, 0.25) is 0 Å². The molecule has 68 valence electrons. The molecule has 0 atom stereocenters. The molecule has 3 nitrogen and oxygen atoms in total. The molecule has 0 aliphatic carbocycles. The molecule has 0 aliphatic heterocycles. The summed E-state index contributed by atoms with van der Waals surface area (Å²) < 4.78 is 5.20. The highest BCUT2D eigenvalue weighted by Gasteiger charge is 1.93. The van der Waals surface area contributed by atoms with E-state index < -0.39 is 0 Å². The summed E-state index contributed by atoms with van der Waals surface area (Å²) in [5, 5.41) is 0. The molecule has 0 radical (unpaired) electrons. The lowest BCUT2D eigenvalue weighted by Crippen LogP contribution is -1.75. The minimum absolute atomic E-state index is 0.575. The predicted octanol–water partition coefficient (Wildman–Crippen LogP) is 1.78. The Bertz CT molecular complexity index is 477. The SMILES string of the molecule is Cc1ncc(C#Cc2cccnc2)o1. The van der Waals surface area contributed by atoms with Crippen molar-refractivity contribution in [2.45, 2.75) is 6.92 Å². The number of aromatic nitrogens is 2. The Kier molecular flexibility index (Phi) is 2.28. The lowest BCUT2D eigenvalue weighted by atomic mass is 10.3. The van der Waals surface area contributed by atoms with Crippen molar-refractivity contribution in [2.24, 2.45) is 0 Å². The van der Waals surface area contributed by atoms with Crippen LogP contribution in [0.25, 0.3) is 0 Å². The Labute approximate surface area is 81.8 Å². The van der Waals surface area contributed by atoms with Gasteiger partial charge in [0.1, 0.15) is 0 Å². The normalized spacial score (nSPS) is 9.21. The molecule has 14 heavy (non-hydrogen) atoms. The maximum absolute atomic E-state index is 5.20. The zero-order chi connectivity index (χ0) is 9.80. The van der Waals surface area contributed by atoms with Crippen LogP contribution in [0.5, 0.6) is 0 Å². The van der Waals surface area contributed by atoms with Crippen molar-refractivity contribution in [1.29, 1.82) is 0 Å². The molecule has 0 spiro atoms. The third kappa shape index (κ3) is 1.99. The molecule has 0 saturated carbocycles. The number of pyridine rings is 1. The molecule has 0 fully saturated rings. The summed E-state index contributed by atoms with van der Waals surface area (Å²) in [5.74, 6) is 6.99. The van der Waals surface area contributed by atoms with Crippen LogP contribution >= 0.6 is 0 Å². The molecule has 2 rings (SSSR count). The Balaban J connectivity index is 2.23. The van der Waals surface area contributed by atoms with Gasteiger partial charge in [0.15, 0.2) is 11.7 Å². The Hall–Kier alpha value is -2.08. The average Bonchev–Trinajstić information content (AvgIpc) is 2.63. The fourth-order valence-corrected chi connectivity index (χ4v) is 0.990. The summed E-state index contributed by atoms with van der Waals surface area (Å²) in [6.07, 6.45) is 5.03. The fraction of sp³-hybridized carbons (Fsp3) is 0.0909. The molecule has 0 aliphatic rings. The van der Waals surface area contributed by atoms with E-state index in [-0.39, 0.29) is 0 Å². The quantitative estimate of drug-likeness (QED) is 0.586. The number of hydrogen-bond acceptors (Lipinski definition) is 3. The van der Waals surface area contributed by atoms with Crippen molar-refractivity contribution in [3.05, 3.63) is 47.9 Å². The van der Waals surface area contributed by atoms with Gasteiger partial charge in [0.05, 0.1) is 6.20 Å². The zero-order valence-corrected chi connectivity index (χ0v) is 7.69. The van der Waals surface area contributed by atoms with Crippen molar-refractivity contribution in [1.82, 2.24) is 9.97 Å². The number of nitrogens with zero attached hydrogens (tertiary/aromatic N) is 2. The highest BCUT2D eigenvalue weighted by Crippen LogP contribution is 2.00. The molecule has 0 N–H and O–H groups in total. The van der Waals surface area contributed by atoms with Gasteiger partial charge in [-0.2, -0.15) is 0 Å². The molecule has 2 heterocycles. The maximum Gasteiger partial charge on any atom is 0.197 e. The van der Waals surface area contributed by atoms with Crippen molar-refractivity contribution in [2.75, 3.05) is 0 Å². The first-order valence-corrected chi connectivity index (χ1v) is 4.19. The van der Waals surface area contributed by atoms with Crippen LogP contribution in [-0.2, 0) is 0 Å². The van der Waals surface area contributed by atoms with Gasteiger partial charge in [-0.15, -0.1) is 0 Å². The Morgan fingerprint density at radius 1 is 1.29 bits per heavy atom. The molecular formula is C11H8N2O. The van der Waals surface area contributed by atoms with Crippen LogP contribution in [0, 0.1) is 18.8 Å². The lowest BCUT2D eigenvalue weighted by Gasteiger charge is -1.84. The van der Waals surface area contributed by atoms with E-state index in [1.807, 2.05) is 12.1 Å². The smallest absolute Gasteiger partial charge is 0.197 e. The predicted molar refractivity (Wildman–Crippen MR) is 51.5 cm³/mol. The molecule has 0 saturated heterocycles. The van der Waals surface area contributed by atoms with Crippen molar-refractivity contribution >= 4 is 0 Å². The van der Waals surface area contributed by atoms with Crippen LogP contribution < -0.4 is 0 Å². The van der Waals surface area contributed by atoms with E-state index in [1.54, 1.807) is 25.5 Å². The summed E-state index contributed by atoms with van der Waals surface area (Å²) in [4.78, 5) is 7.90. The van der Waals surface area contributed by atoms with E-state index >= 15 is 0 Å². The van der Waals surface area contributed by atoms with Gasteiger partial charge in [0, 0.05) is 24.9 Å². The Morgan fingerprint density at radius 2 is 2.21 bits per heavy atom. The van der Waals surface area contributed by atoms with Crippen molar-refractivity contribution in [3.8, 4) is 11.8 Å². The van der Waals surface area contributed by atoms with Gasteiger partial charge in [0.2, 0.25) is 0 Å². The second-order valence-electron chi connectivity index (χ2n) is 2.74. The molecule has 0 amide bonds. The summed E-state index contributed by atoms with van der Waals surface area (Å²) in [6, 6.07) is 3.73. The third-order valence-electron chi connectivity index (χ3n) is 1.61. The monoisotopic (exact) mass is 184 g/mol. The molecule has 0 unspecified atom stereocenters. The van der Waals surface area contributed by atoms with E-state index in [1.165, 1.54) is 0 Å². The second-order valence-corrected chi connectivity index (χ2v) is 2.74. The van der Waals surface area contributed by atoms with Crippen LogP contribution in [0.4, 0.5) is 0 Å². The first kappa shape index (κ1) is 8.52. The van der Waals surface area contributed by atoms with Crippen molar-refractivity contribution < 1.29 is 4.42 Å². The number of hydrogen-bond donors (Lipinski definition) is 0. The minimum Gasteiger partial charge on any atom is -0.433 e.